The molecule has 0 aliphatic rings. The van der Waals surface area contributed by atoms with Crippen molar-refractivity contribution in [2.45, 2.75) is 13.5 Å². The summed E-state index contributed by atoms with van der Waals surface area (Å²) in [6.07, 6.45) is 1.64. The number of amides is 1. The van der Waals surface area contributed by atoms with Crippen LogP contribution in [0.5, 0.6) is 0 Å². The summed E-state index contributed by atoms with van der Waals surface area (Å²) >= 11 is 1.34. The zero-order valence-electron chi connectivity index (χ0n) is 18.2. The lowest BCUT2D eigenvalue weighted by atomic mass is 10.0. The third-order valence-electron chi connectivity index (χ3n) is 5.30. The number of imidazole rings is 1. The Morgan fingerprint density at radius 2 is 1.82 bits per heavy atom. The number of ether oxygens (including phenoxy) is 1. The highest BCUT2D eigenvalue weighted by Crippen LogP contribution is 2.31. The molecule has 0 aliphatic heterocycles. The van der Waals surface area contributed by atoms with Crippen LogP contribution in [-0.4, -0.2) is 26.8 Å². The molecule has 0 aliphatic carbocycles. The second-order valence-corrected chi connectivity index (χ2v) is 8.50. The van der Waals surface area contributed by atoms with Crippen molar-refractivity contribution in [3.8, 4) is 22.6 Å². The van der Waals surface area contributed by atoms with Crippen LogP contribution in [-0.2, 0) is 16.1 Å². The number of nitrogens with one attached hydrogen (secondary N) is 2. The summed E-state index contributed by atoms with van der Waals surface area (Å²) in [5.41, 5.74) is 3.37. The van der Waals surface area contributed by atoms with Crippen LogP contribution in [0.2, 0.25) is 0 Å². The molecular weight excluding hydrogens is 448 g/mol. The molecule has 2 aromatic heterocycles. The van der Waals surface area contributed by atoms with Gasteiger partial charge in [-0.2, -0.15) is 0 Å². The number of hydrogen-bond donors (Lipinski definition) is 2. The molecule has 2 heterocycles. The fraction of sp³-hybridized carbons (Fsp3) is 0.0769. The van der Waals surface area contributed by atoms with Crippen molar-refractivity contribution >= 4 is 39.1 Å². The number of hydrogen-bond acceptors (Lipinski definition) is 6. The van der Waals surface area contributed by atoms with Gasteiger partial charge in [0.2, 0.25) is 0 Å². The molecule has 168 valence electrons. The molecule has 0 bridgehead atoms. The van der Waals surface area contributed by atoms with E-state index in [2.05, 4.69) is 15.3 Å². The summed E-state index contributed by atoms with van der Waals surface area (Å²) in [6.45, 7) is 1.56. The molecule has 2 N–H and O–H groups in total. The van der Waals surface area contributed by atoms with Crippen LogP contribution in [0, 0.1) is 0 Å². The van der Waals surface area contributed by atoms with E-state index in [1.54, 1.807) is 11.6 Å². The van der Waals surface area contributed by atoms with E-state index < -0.39 is 0 Å². The van der Waals surface area contributed by atoms with Crippen LogP contribution in [0.3, 0.4) is 0 Å². The standard InChI is InChI=1S/C26H20N4O3S/c1-16(31)33-15-17-9-11-19(12-10-17)22-23(25(32)30-26-27-13-14-34-26)29-24(28-22)21-8-4-6-18-5-2-3-7-20(18)21/h2-14H,15H2,1H3,(H,28,29)(H,27,30,32). The van der Waals surface area contributed by atoms with Crippen LogP contribution in [0.15, 0.2) is 78.3 Å². The molecule has 1 amide bonds. The number of rotatable bonds is 6. The molecular formula is C26H20N4O3S. The molecule has 0 radical (unpaired) electrons. The molecule has 34 heavy (non-hydrogen) atoms. The minimum absolute atomic E-state index is 0.189. The van der Waals surface area contributed by atoms with Crippen molar-refractivity contribution in [3.63, 3.8) is 0 Å². The number of carbonyl (C=O) groups is 2. The maximum atomic E-state index is 13.2. The highest BCUT2D eigenvalue weighted by atomic mass is 32.1. The largest absolute Gasteiger partial charge is 0.461 e. The predicted octanol–water partition coefficient (Wildman–Crippen LogP) is 5.67. The first kappa shape index (κ1) is 21.5. The zero-order chi connectivity index (χ0) is 23.5. The molecule has 5 rings (SSSR count). The quantitative estimate of drug-likeness (QED) is 0.313. The Kier molecular flexibility index (Phi) is 5.88. The van der Waals surface area contributed by atoms with E-state index in [0.29, 0.717) is 22.3 Å². The topological polar surface area (TPSA) is 97.0 Å². The van der Waals surface area contributed by atoms with Crippen molar-refractivity contribution in [3.05, 3.63) is 89.6 Å². The number of carbonyl (C=O) groups excluding carboxylic acids is 2. The van der Waals surface area contributed by atoms with Crippen LogP contribution < -0.4 is 5.32 Å². The first-order valence-corrected chi connectivity index (χ1v) is 11.5. The Morgan fingerprint density at radius 3 is 2.59 bits per heavy atom. The molecule has 0 saturated carbocycles. The monoisotopic (exact) mass is 468 g/mol. The minimum atomic E-state index is -0.336. The molecule has 0 fully saturated rings. The van der Waals surface area contributed by atoms with Gasteiger partial charge in [-0.15, -0.1) is 11.3 Å². The van der Waals surface area contributed by atoms with Gasteiger partial charge in [0.15, 0.2) is 5.13 Å². The Hall–Kier alpha value is -4.30. The van der Waals surface area contributed by atoms with Crippen LogP contribution in [0.25, 0.3) is 33.4 Å². The second-order valence-electron chi connectivity index (χ2n) is 7.60. The number of benzene rings is 3. The molecule has 0 spiro atoms. The molecule has 5 aromatic rings. The lowest BCUT2D eigenvalue weighted by Crippen LogP contribution is -2.13. The third kappa shape index (κ3) is 4.44. The summed E-state index contributed by atoms with van der Waals surface area (Å²) in [6, 6.07) is 21.5. The van der Waals surface area contributed by atoms with Crippen molar-refractivity contribution in [1.82, 2.24) is 15.0 Å². The number of anilines is 1. The van der Waals surface area contributed by atoms with E-state index in [4.69, 9.17) is 9.72 Å². The number of fused-ring (bicyclic) bond motifs is 1. The van der Waals surface area contributed by atoms with Crippen LogP contribution in [0.4, 0.5) is 5.13 Å². The van der Waals surface area contributed by atoms with Gasteiger partial charge in [-0.05, 0) is 16.3 Å². The first-order valence-electron chi connectivity index (χ1n) is 10.6. The molecule has 0 unspecified atom stereocenters. The Labute approximate surface area is 199 Å². The van der Waals surface area contributed by atoms with Gasteiger partial charge in [0, 0.05) is 29.6 Å². The number of aromatic nitrogens is 3. The zero-order valence-corrected chi connectivity index (χ0v) is 19.1. The fourth-order valence-corrected chi connectivity index (χ4v) is 4.22. The van der Waals surface area contributed by atoms with E-state index in [-0.39, 0.29) is 18.5 Å². The van der Waals surface area contributed by atoms with E-state index in [1.807, 2.05) is 66.7 Å². The fourth-order valence-electron chi connectivity index (χ4n) is 3.69. The van der Waals surface area contributed by atoms with Crippen molar-refractivity contribution < 1.29 is 14.3 Å². The van der Waals surface area contributed by atoms with Gasteiger partial charge in [-0.1, -0.05) is 66.7 Å². The number of nitrogens with zero attached hydrogens (tertiary/aromatic N) is 2. The molecule has 8 heteroatoms. The smallest absolute Gasteiger partial charge is 0.302 e. The van der Waals surface area contributed by atoms with Gasteiger partial charge in [-0.3, -0.25) is 14.9 Å². The lowest BCUT2D eigenvalue weighted by Gasteiger charge is -2.05. The Balaban J connectivity index is 1.57. The highest BCUT2D eigenvalue weighted by molar-refractivity contribution is 7.13. The lowest BCUT2D eigenvalue weighted by molar-refractivity contribution is -0.142. The molecule has 0 atom stereocenters. The van der Waals surface area contributed by atoms with Crippen molar-refractivity contribution in [2.75, 3.05) is 5.32 Å². The van der Waals surface area contributed by atoms with E-state index in [9.17, 15) is 9.59 Å². The summed E-state index contributed by atoms with van der Waals surface area (Å²) in [7, 11) is 0. The predicted molar refractivity (Wildman–Crippen MR) is 133 cm³/mol. The second kappa shape index (κ2) is 9.29. The van der Waals surface area contributed by atoms with E-state index >= 15 is 0 Å². The molecule has 7 nitrogen and oxygen atoms in total. The average molecular weight is 469 g/mol. The van der Waals surface area contributed by atoms with Gasteiger partial charge in [0.05, 0.1) is 0 Å². The van der Waals surface area contributed by atoms with Crippen molar-refractivity contribution in [1.29, 1.82) is 0 Å². The Morgan fingerprint density at radius 1 is 1.03 bits per heavy atom. The third-order valence-corrected chi connectivity index (χ3v) is 5.99. The van der Waals surface area contributed by atoms with Gasteiger partial charge in [0.1, 0.15) is 23.8 Å². The summed E-state index contributed by atoms with van der Waals surface area (Å²) < 4.78 is 5.07. The van der Waals surface area contributed by atoms with Gasteiger partial charge in [0.25, 0.3) is 5.91 Å². The normalized spacial score (nSPS) is 10.9. The maximum Gasteiger partial charge on any atom is 0.302 e. The Bertz CT molecular complexity index is 1470. The van der Waals surface area contributed by atoms with E-state index in [0.717, 1.165) is 27.5 Å². The summed E-state index contributed by atoms with van der Waals surface area (Å²) in [5.74, 6) is -0.0646. The first-order chi connectivity index (χ1) is 16.6. The van der Waals surface area contributed by atoms with Gasteiger partial charge < -0.3 is 9.72 Å². The minimum Gasteiger partial charge on any atom is -0.461 e. The SMILES string of the molecule is CC(=O)OCc1ccc(-c2nc(-c3cccc4ccccc34)[nH]c2C(=O)Nc2nccs2)cc1. The average Bonchev–Trinajstić information content (AvgIpc) is 3.53. The van der Waals surface area contributed by atoms with E-state index in [1.165, 1.54) is 18.3 Å². The number of H-pyrrole nitrogens is 1. The van der Waals surface area contributed by atoms with Crippen LogP contribution >= 0.6 is 11.3 Å². The van der Waals surface area contributed by atoms with Gasteiger partial charge in [-0.25, -0.2) is 9.97 Å². The summed E-state index contributed by atoms with van der Waals surface area (Å²) in [5, 5.41) is 7.26. The number of thiazole rings is 1. The molecule has 3 aromatic carbocycles. The van der Waals surface area contributed by atoms with Crippen molar-refractivity contribution in [2.24, 2.45) is 0 Å². The molecule has 0 saturated heterocycles. The van der Waals surface area contributed by atoms with Gasteiger partial charge >= 0.3 is 5.97 Å². The highest BCUT2D eigenvalue weighted by Gasteiger charge is 2.21. The number of aromatic amines is 1. The summed E-state index contributed by atoms with van der Waals surface area (Å²) in [4.78, 5) is 36.5. The van der Waals surface area contributed by atoms with Crippen LogP contribution in [0.1, 0.15) is 23.0 Å². The number of esters is 1. The maximum absolute atomic E-state index is 13.2.